The highest BCUT2D eigenvalue weighted by Gasteiger charge is 2.28. The largest absolute Gasteiger partial charge is 0.481 e. The second-order valence-electron chi connectivity index (χ2n) is 5.82. The van der Waals surface area contributed by atoms with Gasteiger partial charge in [-0.15, -0.1) is 0 Å². The van der Waals surface area contributed by atoms with Crippen LogP contribution in [-0.2, 0) is 9.59 Å². The van der Waals surface area contributed by atoms with E-state index in [4.69, 9.17) is 5.11 Å². The fourth-order valence-electron chi connectivity index (χ4n) is 2.10. The zero-order chi connectivity index (χ0) is 14.2. The number of hydrogen-bond acceptors (Lipinski definition) is 2. The van der Waals surface area contributed by atoms with E-state index in [1.165, 1.54) is 0 Å². The highest BCUT2D eigenvalue weighted by atomic mass is 16.4. The highest BCUT2D eigenvalue weighted by Crippen LogP contribution is 2.28. The molecule has 2 N–H and O–H groups in total. The van der Waals surface area contributed by atoms with Crippen LogP contribution in [0.25, 0.3) is 0 Å². The van der Waals surface area contributed by atoms with Crippen LogP contribution in [-0.4, -0.2) is 23.5 Å². The lowest BCUT2D eigenvalue weighted by molar-refractivity contribution is -0.137. The summed E-state index contributed by atoms with van der Waals surface area (Å²) in [6, 6.07) is 0. The van der Waals surface area contributed by atoms with Gasteiger partial charge in [-0.1, -0.05) is 34.1 Å². The van der Waals surface area contributed by atoms with Gasteiger partial charge in [-0.2, -0.15) is 0 Å². The Bertz CT molecular complexity index is 269. The first-order valence-electron chi connectivity index (χ1n) is 6.78. The first-order valence-corrected chi connectivity index (χ1v) is 6.78. The minimum Gasteiger partial charge on any atom is -0.481 e. The molecular weight excluding hydrogens is 230 g/mol. The third-order valence-corrected chi connectivity index (χ3v) is 3.14. The molecule has 18 heavy (non-hydrogen) atoms. The molecule has 0 spiro atoms. The first-order chi connectivity index (χ1) is 8.29. The molecule has 0 aromatic heterocycles. The molecule has 0 heterocycles. The maximum atomic E-state index is 12.0. The minimum atomic E-state index is -0.752. The van der Waals surface area contributed by atoms with Gasteiger partial charge in [0, 0.05) is 18.9 Å². The zero-order valence-corrected chi connectivity index (χ0v) is 12.1. The van der Waals surface area contributed by atoms with Gasteiger partial charge in [-0.25, -0.2) is 0 Å². The summed E-state index contributed by atoms with van der Waals surface area (Å²) in [5.41, 5.74) is -0.0118. The quantitative estimate of drug-likeness (QED) is 0.657. The average molecular weight is 257 g/mol. The van der Waals surface area contributed by atoms with E-state index in [-0.39, 0.29) is 23.7 Å². The molecule has 4 nitrogen and oxygen atoms in total. The van der Waals surface area contributed by atoms with Crippen molar-refractivity contribution in [1.29, 1.82) is 0 Å². The molecule has 1 amide bonds. The molecule has 0 rings (SSSR count). The third kappa shape index (κ3) is 7.30. The van der Waals surface area contributed by atoms with Gasteiger partial charge in [0.25, 0.3) is 0 Å². The topological polar surface area (TPSA) is 66.4 Å². The molecule has 106 valence electrons. The van der Waals surface area contributed by atoms with E-state index < -0.39 is 5.97 Å². The summed E-state index contributed by atoms with van der Waals surface area (Å²) in [7, 11) is 0. The van der Waals surface area contributed by atoms with Crippen molar-refractivity contribution in [2.24, 2.45) is 11.3 Å². The summed E-state index contributed by atoms with van der Waals surface area (Å²) >= 11 is 0. The summed E-state index contributed by atoms with van der Waals surface area (Å²) < 4.78 is 0. The van der Waals surface area contributed by atoms with E-state index in [1.54, 1.807) is 0 Å². The maximum absolute atomic E-state index is 12.0. The molecule has 0 aliphatic carbocycles. The van der Waals surface area contributed by atoms with Gasteiger partial charge < -0.3 is 10.4 Å². The first kappa shape index (κ1) is 16.9. The van der Waals surface area contributed by atoms with Gasteiger partial charge in [0.15, 0.2) is 0 Å². The molecule has 0 radical (unpaired) electrons. The predicted octanol–water partition coefficient (Wildman–Crippen LogP) is 2.82. The second kappa shape index (κ2) is 8.11. The predicted molar refractivity (Wildman–Crippen MR) is 72.3 cm³/mol. The van der Waals surface area contributed by atoms with Gasteiger partial charge in [0.05, 0.1) is 0 Å². The van der Waals surface area contributed by atoms with E-state index in [0.717, 1.165) is 19.3 Å². The fraction of sp³-hybridized carbons (Fsp3) is 0.857. The van der Waals surface area contributed by atoms with Crippen LogP contribution in [0, 0.1) is 11.3 Å². The molecule has 4 heteroatoms. The van der Waals surface area contributed by atoms with Gasteiger partial charge in [0.2, 0.25) is 5.91 Å². The van der Waals surface area contributed by atoms with Crippen LogP contribution in [0.15, 0.2) is 0 Å². The van der Waals surface area contributed by atoms with Crippen LogP contribution < -0.4 is 5.32 Å². The van der Waals surface area contributed by atoms with Gasteiger partial charge in [-0.3, -0.25) is 9.59 Å². The van der Waals surface area contributed by atoms with Crippen molar-refractivity contribution in [3.63, 3.8) is 0 Å². The summed E-state index contributed by atoms with van der Waals surface area (Å²) in [4.78, 5) is 22.3. The number of unbranched alkanes of at least 4 members (excludes halogenated alkanes) is 2. The Kier molecular flexibility index (Phi) is 7.64. The Morgan fingerprint density at radius 2 is 1.78 bits per heavy atom. The molecule has 1 atom stereocenters. The van der Waals surface area contributed by atoms with E-state index >= 15 is 0 Å². The number of carbonyl (C=O) groups excluding carboxylic acids is 1. The SMILES string of the molecule is CCC(C(=O)NCCCCCC(=O)O)C(C)(C)C. The Balaban J connectivity index is 3.79. The van der Waals surface area contributed by atoms with Gasteiger partial charge in [-0.05, 0) is 24.7 Å². The lowest BCUT2D eigenvalue weighted by Gasteiger charge is -2.28. The number of carboxylic acids is 1. The van der Waals surface area contributed by atoms with E-state index in [0.29, 0.717) is 13.0 Å². The van der Waals surface area contributed by atoms with Crippen molar-refractivity contribution in [3.8, 4) is 0 Å². The number of nitrogens with one attached hydrogen (secondary N) is 1. The zero-order valence-electron chi connectivity index (χ0n) is 12.1. The lowest BCUT2D eigenvalue weighted by atomic mass is 9.78. The summed E-state index contributed by atoms with van der Waals surface area (Å²) in [5, 5.41) is 11.4. The Morgan fingerprint density at radius 1 is 1.17 bits per heavy atom. The lowest BCUT2D eigenvalue weighted by Crippen LogP contribution is -2.38. The van der Waals surface area contributed by atoms with E-state index in [9.17, 15) is 9.59 Å². The number of carbonyl (C=O) groups is 2. The number of hydrogen-bond donors (Lipinski definition) is 2. The van der Waals surface area contributed by atoms with Crippen molar-refractivity contribution < 1.29 is 14.7 Å². The summed E-state index contributed by atoms with van der Waals surface area (Å²) in [5.74, 6) is -0.599. The molecule has 0 fully saturated rings. The molecule has 0 bridgehead atoms. The van der Waals surface area contributed by atoms with E-state index in [1.807, 2.05) is 6.92 Å². The minimum absolute atomic E-state index is 0.0118. The van der Waals surface area contributed by atoms with Crippen LogP contribution in [0.3, 0.4) is 0 Å². The monoisotopic (exact) mass is 257 g/mol. The van der Waals surface area contributed by atoms with Crippen molar-refractivity contribution in [2.75, 3.05) is 6.54 Å². The van der Waals surface area contributed by atoms with Crippen LogP contribution in [0.2, 0.25) is 0 Å². The normalized spacial score (nSPS) is 13.1. The van der Waals surface area contributed by atoms with Crippen molar-refractivity contribution in [3.05, 3.63) is 0 Å². The smallest absolute Gasteiger partial charge is 0.303 e. The maximum Gasteiger partial charge on any atom is 0.303 e. The highest BCUT2D eigenvalue weighted by molar-refractivity contribution is 5.79. The molecule has 0 aromatic rings. The Morgan fingerprint density at radius 3 is 2.22 bits per heavy atom. The molecule has 0 saturated heterocycles. The number of aliphatic carboxylic acids is 1. The van der Waals surface area contributed by atoms with Crippen molar-refractivity contribution >= 4 is 11.9 Å². The number of carboxylic acid groups (broad SMARTS) is 1. The summed E-state index contributed by atoms with van der Waals surface area (Å²) in [6.07, 6.45) is 3.43. The third-order valence-electron chi connectivity index (χ3n) is 3.14. The molecule has 0 aromatic carbocycles. The fourth-order valence-corrected chi connectivity index (χ4v) is 2.10. The van der Waals surface area contributed by atoms with Gasteiger partial charge >= 0.3 is 5.97 Å². The van der Waals surface area contributed by atoms with Gasteiger partial charge in [0.1, 0.15) is 0 Å². The molecule has 1 unspecified atom stereocenters. The molecule has 0 aliphatic rings. The summed E-state index contributed by atoms with van der Waals surface area (Å²) in [6.45, 7) is 8.90. The van der Waals surface area contributed by atoms with Crippen LogP contribution >= 0.6 is 0 Å². The van der Waals surface area contributed by atoms with E-state index in [2.05, 4.69) is 26.1 Å². The molecular formula is C14H27NO3. The van der Waals surface area contributed by atoms with Crippen LogP contribution in [0.1, 0.15) is 59.8 Å². The van der Waals surface area contributed by atoms with Crippen LogP contribution in [0.4, 0.5) is 0 Å². The standard InChI is InChI=1S/C14H27NO3/c1-5-11(14(2,3)4)13(18)15-10-8-6-7-9-12(16)17/h11H,5-10H2,1-4H3,(H,15,18)(H,16,17). The van der Waals surface area contributed by atoms with Crippen molar-refractivity contribution in [1.82, 2.24) is 5.32 Å². The Labute approximate surface area is 110 Å². The number of rotatable bonds is 8. The average Bonchev–Trinajstić information content (AvgIpc) is 2.21. The molecule has 0 aliphatic heterocycles. The van der Waals surface area contributed by atoms with Crippen LogP contribution in [0.5, 0.6) is 0 Å². The second-order valence-corrected chi connectivity index (χ2v) is 5.82. The number of amides is 1. The molecule has 0 saturated carbocycles. The van der Waals surface area contributed by atoms with Crippen molar-refractivity contribution in [2.45, 2.75) is 59.8 Å². The Hall–Kier alpha value is -1.06.